The van der Waals surface area contributed by atoms with Gasteiger partial charge in [0, 0.05) is 24.5 Å². The van der Waals surface area contributed by atoms with Crippen molar-refractivity contribution in [1.82, 2.24) is 0 Å². The van der Waals surface area contributed by atoms with Gasteiger partial charge in [-0.05, 0) is 5.56 Å². The predicted octanol–water partition coefficient (Wildman–Crippen LogP) is 2.63. The molecular formula is C18H25NO4. The smallest absolute Gasteiger partial charge is 0.330 e. The monoisotopic (exact) mass is 319 g/mol. The van der Waals surface area contributed by atoms with Crippen LogP contribution in [0.5, 0.6) is 0 Å². The van der Waals surface area contributed by atoms with Crippen molar-refractivity contribution in [3.05, 3.63) is 35.9 Å². The molecule has 1 fully saturated rings. The fourth-order valence-electron chi connectivity index (χ4n) is 2.31. The molecule has 1 aliphatic heterocycles. The van der Waals surface area contributed by atoms with Crippen LogP contribution in [0.1, 0.15) is 25.8 Å². The molecule has 5 heteroatoms. The van der Waals surface area contributed by atoms with Gasteiger partial charge in [-0.25, -0.2) is 4.79 Å². The lowest BCUT2D eigenvalue weighted by Gasteiger charge is -2.34. The lowest BCUT2D eigenvalue weighted by atomic mass is 9.95. The summed E-state index contributed by atoms with van der Waals surface area (Å²) in [7, 11) is 1.38. The molecule has 0 amide bonds. The summed E-state index contributed by atoms with van der Waals surface area (Å²) in [4.78, 5) is 16.2. The predicted molar refractivity (Wildman–Crippen MR) is 88.5 cm³/mol. The minimum absolute atomic E-state index is 0.0511. The molecule has 0 spiro atoms. The summed E-state index contributed by atoms with van der Waals surface area (Å²) in [5.74, 6) is -0.336. The van der Waals surface area contributed by atoms with Crippen LogP contribution in [0.4, 0.5) is 0 Å². The van der Waals surface area contributed by atoms with E-state index in [0.29, 0.717) is 26.1 Å². The molecule has 1 atom stereocenters. The molecule has 5 nitrogen and oxygen atoms in total. The number of hydrogen-bond donors (Lipinski definition) is 0. The Hall–Kier alpha value is -1.72. The number of benzene rings is 1. The fraction of sp³-hybridized carbons (Fsp3) is 0.556. The molecule has 0 aliphatic carbocycles. The zero-order valence-corrected chi connectivity index (χ0v) is 14.0. The third-order valence-corrected chi connectivity index (χ3v) is 3.65. The second kappa shape index (κ2) is 8.22. The van der Waals surface area contributed by atoms with Crippen LogP contribution >= 0.6 is 0 Å². The molecule has 23 heavy (non-hydrogen) atoms. The van der Waals surface area contributed by atoms with Gasteiger partial charge in [-0.3, -0.25) is 4.99 Å². The van der Waals surface area contributed by atoms with Gasteiger partial charge in [-0.2, -0.15) is 0 Å². The Labute approximate surface area is 137 Å². The molecule has 126 valence electrons. The summed E-state index contributed by atoms with van der Waals surface area (Å²) in [6, 6.07) is 9.24. The highest BCUT2D eigenvalue weighted by Gasteiger charge is 2.27. The first-order chi connectivity index (χ1) is 11.0. The summed E-state index contributed by atoms with van der Waals surface area (Å²) in [6.45, 7) is 5.53. The Morgan fingerprint density at radius 1 is 1.35 bits per heavy atom. The summed E-state index contributed by atoms with van der Waals surface area (Å²) in [6.07, 6.45) is 2.46. The van der Waals surface area contributed by atoms with E-state index in [1.54, 1.807) is 6.21 Å². The summed E-state index contributed by atoms with van der Waals surface area (Å²) in [5.41, 5.74) is 1.10. The van der Waals surface area contributed by atoms with Gasteiger partial charge in [0.25, 0.3) is 0 Å². The highest BCUT2D eigenvalue weighted by Crippen LogP contribution is 2.23. The van der Waals surface area contributed by atoms with Crippen molar-refractivity contribution < 1.29 is 19.0 Å². The topological polar surface area (TPSA) is 57.1 Å². The van der Waals surface area contributed by atoms with Gasteiger partial charge in [-0.15, -0.1) is 0 Å². The Morgan fingerprint density at radius 2 is 2.00 bits per heavy atom. The first-order valence-electron chi connectivity index (χ1n) is 7.87. The van der Waals surface area contributed by atoms with Crippen LogP contribution in [0.15, 0.2) is 35.3 Å². The first kappa shape index (κ1) is 17.6. The van der Waals surface area contributed by atoms with E-state index in [1.165, 1.54) is 7.11 Å². The standard InChI is InChI=1S/C18H25NO4/c1-18(2)12-22-16(23-13-18)9-10-19-15(17(20)21-3)11-14-7-5-4-6-8-14/h4-8,10,15-16H,9,11-13H2,1-3H3/t15-/m0/s1. The van der Waals surface area contributed by atoms with Crippen LogP contribution < -0.4 is 0 Å². The molecule has 0 saturated carbocycles. The molecule has 0 aromatic heterocycles. The maximum absolute atomic E-state index is 11.9. The highest BCUT2D eigenvalue weighted by atomic mass is 16.7. The minimum Gasteiger partial charge on any atom is -0.467 e. The molecular weight excluding hydrogens is 294 g/mol. The third-order valence-electron chi connectivity index (χ3n) is 3.65. The molecule has 0 unspecified atom stereocenters. The van der Waals surface area contributed by atoms with Crippen LogP contribution in [0.25, 0.3) is 0 Å². The van der Waals surface area contributed by atoms with E-state index in [0.717, 1.165) is 5.56 Å². The average molecular weight is 319 g/mol. The van der Waals surface area contributed by atoms with Crippen LogP contribution in [0.3, 0.4) is 0 Å². The largest absolute Gasteiger partial charge is 0.467 e. The van der Waals surface area contributed by atoms with Crippen LogP contribution in [-0.2, 0) is 25.4 Å². The zero-order chi connectivity index (χ0) is 16.7. The van der Waals surface area contributed by atoms with Crippen molar-refractivity contribution >= 4 is 12.2 Å². The number of aliphatic imine (C=N–C) groups is 1. The molecule has 0 radical (unpaired) electrons. The Bertz CT molecular complexity index is 517. The minimum atomic E-state index is -0.539. The number of rotatable bonds is 6. The van der Waals surface area contributed by atoms with Crippen molar-refractivity contribution in [3.8, 4) is 0 Å². The molecule has 1 aliphatic rings. The normalized spacial score (nSPS) is 19.6. The molecule has 0 N–H and O–H groups in total. The van der Waals surface area contributed by atoms with Gasteiger partial charge in [0.05, 0.1) is 20.3 Å². The first-order valence-corrected chi connectivity index (χ1v) is 7.87. The Morgan fingerprint density at radius 3 is 2.61 bits per heavy atom. The lowest BCUT2D eigenvalue weighted by Crippen LogP contribution is -2.37. The van der Waals surface area contributed by atoms with Crippen molar-refractivity contribution in [3.63, 3.8) is 0 Å². The van der Waals surface area contributed by atoms with Crippen LogP contribution in [0, 0.1) is 5.41 Å². The van der Waals surface area contributed by atoms with E-state index in [2.05, 4.69) is 18.8 Å². The van der Waals surface area contributed by atoms with E-state index < -0.39 is 6.04 Å². The van der Waals surface area contributed by atoms with E-state index in [9.17, 15) is 4.79 Å². The summed E-state index contributed by atoms with van der Waals surface area (Å²) >= 11 is 0. The molecule has 1 aromatic carbocycles. The van der Waals surface area contributed by atoms with Gasteiger partial charge >= 0.3 is 5.97 Å². The van der Waals surface area contributed by atoms with Gasteiger partial charge in [0.2, 0.25) is 0 Å². The third kappa shape index (κ3) is 5.77. The molecule has 1 heterocycles. The number of carbonyl (C=O) groups excluding carboxylic acids is 1. The van der Waals surface area contributed by atoms with Crippen molar-refractivity contribution in [2.75, 3.05) is 20.3 Å². The van der Waals surface area contributed by atoms with Crippen molar-refractivity contribution in [1.29, 1.82) is 0 Å². The zero-order valence-electron chi connectivity index (χ0n) is 14.0. The summed E-state index contributed by atoms with van der Waals surface area (Å²) in [5, 5.41) is 0. The second-order valence-corrected chi connectivity index (χ2v) is 6.51. The number of methoxy groups -OCH3 is 1. The molecule has 0 bridgehead atoms. The lowest BCUT2D eigenvalue weighted by molar-refractivity contribution is -0.217. The number of nitrogens with zero attached hydrogens (tertiary/aromatic N) is 1. The number of esters is 1. The highest BCUT2D eigenvalue weighted by molar-refractivity contribution is 5.78. The van der Waals surface area contributed by atoms with Crippen molar-refractivity contribution in [2.45, 2.75) is 39.0 Å². The molecule has 1 saturated heterocycles. The number of ether oxygens (including phenoxy) is 3. The molecule has 2 rings (SSSR count). The Kier molecular flexibility index (Phi) is 6.30. The van der Waals surface area contributed by atoms with Crippen LogP contribution in [-0.4, -0.2) is 44.8 Å². The van der Waals surface area contributed by atoms with Crippen LogP contribution in [0.2, 0.25) is 0 Å². The average Bonchev–Trinajstić information content (AvgIpc) is 2.55. The van der Waals surface area contributed by atoms with Gasteiger partial charge in [-0.1, -0.05) is 44.2 Å². The SMILES string of the molecule is COC(=O)[C@H](Cc1ccccc1)N=CCC1OCC(C)(C)CO1. The van der Waals surface area contributed by atoms with Gasteiger partial charge < -0.3 is 14.2 Å². The molecule has 1 aromatic rings. The number of hydrogen-bond acceptors (Lipinski definition) is 5. The Balaban J connectivity index is 1.89. The maximum Gasteiger partial charge on any atom is 0.330 e. The second-order valence-electron chi connectivity index (χ2n) is 6.51. The number of carbonyl (C=O) groups is 1. The quantitative estimate of drug-likeness (QED) is 0.597. The van der Waals surface area contributed by atoms with Crippen molar-refractivity contribution in [2.24, 2.45) is 10.4 Å². The van der Waals surface area contributed by atoms with E-state index in [4.69, 9.17) is 14.2 Å². The van der Waals surface area contributed by atoms with Gasteiger partial charge in [0.15, 0.2) is 12.3 Å². The van der Waals surface area contributed by atoms with E-state index >= 15 is 0 Å². The van der Waals surface area contributed by atoms with Gasteiger partial charge in [0.1, 0.15) is 0 Å². The fourth-order valence-corrected chi connectivity index (χ4v) is 2.31. The summed E-state index contributed by atoms with van der Waals surface area (Å²) < 4.78 is 16.1. The maximum atomic E-state index is 11.9. The van der Waals surface area contributed by atoms with E-state index in [-0.39, 0.29) is 17.7 Å². The van der Waals surface area contributed by atoms with E-state index in [1.807, 2.05) is 30.3 Å².